The summed E-state index contributed by atoms with van der Waals surface area (Å²) in [7, 11) is -0.931. The second kappa shape index (κ2) is 3.82. The van der Waals surface area contributed by atoms with E-state index in [1.807, 2.05) is 6.07 Å². The number of hydrogen-bond acceptors (Lipinski definition) is 5. The van der Waals surface area contributed by atoms with Crippen LogP contribution in [0.2, 0.25) is 0 Å². The molecule has 1 aromatic carbocycles. The molecule has 0 spiro atoms. The van der Waals surface area contributed by atoms with E-state index in [0.29, 0.717) is 23.5 Å². The predicted molar refractivity (Wildman–Crippen MR) is 57.9 cm³/mol. The molecule has 0 bridgehead atoms. The van der Waals surface area contributed by atoms with Gasteiger partial charge in [-0.05, 0) is 34.9 Å². The van der Waals surface area contributed by atoms with Crippen molar-refractivity contribution < 1.29 is 19.2 Å². The van der Waals surface area contributed by atoms with Crippen LogP contribution in [0.15, 0.2) is 12.1 Å². The highest BCUT2D eigenvalue weighted by atomic mass is 35.5. The van der Waals surface area contributed by atoms with Gasteiger partial charge in [0.1, 0.15) is 0 Å². The summed E-state index contributed by atoms with van der Waals surface area (Å²) in [6.45, 7) is 0.638. The van der Waals surface area contributed by atoms with Gasteiger partial charge < -0.3 is 19.2 Å². The number of hydrogen-bond donors (Lipinski definition) is 2. The van der Waals surface area contributed by atoms with Gasteiger partial charge >= 0.3 is 7.12 Å². The van der Waals surface area contributed by atoms with Crippen LogP contribution in [0, 0.1) is 0 Å². The molecule has 16 heavy (non-hydrogen) atoms. The van der Waals surface area contributed by atoms with Crippen LogP contribution in [0.1, 0.15) is 11.7 Å². The van der Waals surface area contributed by atoms with Crippen LogP contribution in [0.5, 0.6) is 11.5 Å². The Morgan fingerprint density at radius 3 is 2.94 bits per heavy atom. The van der Waals surface area contributed by atoms with Crippen LogP contribution in [0.3, 0.4) is 0 Å². The minimum atomic E-state index is -0.931. The van der Waals surface area contributed by atoms with Crippen molar-refractivity contribution in [3.8, 4) is 11.5 Å². The van der Waals surface area contributed by atoms with Crippen molar-refractivity contribution in [3.05, 3.63) is 17.7 Å². The van der Waals surface area contributed by atoms with Crippen molar-refractivity contribution in [2.24, 2.45) is 0 Å². The average molecular weight is 241 g/mol. The Morgan fingerprint density at radius 2 is 2.19 bits per heavy atom. The van der Waals surface area contributed by atoms with Gasteiger partial charge in [0, 0.05) is 6.54 Å². The molecule has 0 aliphatic carbocycles. The SMILES string of the molecule is OB1OC(CNCl)c2cc3c(cc21)OCO3. The first-order valence-corrected chi connectivity index (χ1v) is 5.28. The molecule has 0 radical (unpaired) electrons. The molecule has 2 heterocycles. The fraction of sp³-hybridized carbons (Fsp3) is 0.333. The Balaban J connectivity index is 2.03. The lowest BCUT2D eigenvalue weighted by atomic mass is 9.79. The van der Waals surface area contributed by atoms with E-state index in [0.717, 1.165) is 5.56 Å². The van der Waals surface area contributed by atoms with Crippen LogP contribution in [0.4, 0.5) is 0 Å². The minimum absolute atomic E-state index is 0.216. The predicted octanol–water partition coefficient (Wildman–Crippen LogP) is -0.0825. The molecule has 3 rings (SSSR count). The molecule has 1 unspecified atom stereocenters. The quantitative estimate of drug-likeness (QED) is 0.560. The first-order valence-electron chi connectivity index (χ1n) is 4.90. The highest BCUT2D eigenvalue weighted by Crippen LogP contribution is 2.36. The topological polar surface area (TPSA) is 60.0 Å². The molecular formula is C9H9BClNO4. The number of halogens is 1. The van der Waals surface area contributed by atoms with Gasteiger partial charge in [-0.25, -0.2) is 4.84 Å². The van der Waals surface area contributed by atoms with E-state index < -0.39 is 7.12 Å². The number of nitrogens with one attached hydrogen (secondary N) is 1. The van der Waals surface area contributed by atoms with Crippen LogP contribution >= 0.6 is 11.8 Å². The molecule has 1 atom stereocenters. The van der Waals surface area contributed by atoms with Crippen LogP contribution in [0.25, 0.3) is 0 Å². The van der Waals surface area contributed by atoms with E-state index in [1.54, 1.807) is 6.07 Å². The van der Waals surface area contributed by atoms with E-state index in [4.69, 9.17) is 25.9 Å². The maximum absolute atomic E-state index is 9.72. The largest absolute Gasteiger partial charge is 0.492 e. The van der Waals surface area contributed by atoms with Gasteiger partial charge in [0.05, 0.1) is 6.10 Å². The second-order valence-electron chi connectivity index (χ2n) is 3.65. The van der Waals surface area contributed by atoms with Crippen molar-refractivity contribution in [2.75, 3.05) is 13.3 Å². The van der Waals surface area contributed by atoms with Gasteiger partial charge in [-0.1, -0.05) is 0 Å². The lowest BCUT2D eigenvalue weighted by molar-refractivity contribution is 0.172. The summed E-state index contributed by atoms with van der Waals surface area (Å²) in [6.07, 6.45) is -0.267. The fourth-order valence-electron chi connectivity index (χ4n) is 2.00. The van der Waals surface area contributed by atoms with Crippen molar-refractivity contribution in [1.82, 2.24) is 4.84 Å². The van der Waals surface area contributed by atoms with Gasteiger partial charge in [0.15, 0.2) is 11.5 Å². The van der Waals surface area contributed by atoms with E-state index in [2.05, 4.69) is 4.84 Å². The van der Waals surface area contributed by atoms with Crippen molar-refractivity contribution >= 4 is 24.4 Å². The van der Waals surface area contributed by atoms with Gasteiger partial charge in [0.2, 0.25) is 6.79 Å². The monoisotopic (exact) mass is 241 g/mol. The first-order chi connectivity index (χ1) is 7.79. The molecule has 0 saturated carbocycles. The molecule has 84 valence electrons. The lowest BCUT2D eigenvalue weighted by Gasteiger charge is -2.10. The van der Waals surface area contributed by atoms with Crippen LogP contribution in [-0.4, -0.2) is 25.5 Å². The molecule has 1 aromatic rings. The second-order valence-corrected chi connectivity index (χ2v) is 3.92. The van der Waals surface area contributed by atoms with Gasteiger partial charge in [-0.15, -0.1) is 0 Å². The lowest BCUT2D eigenvalue weighted by Crippen LogP contribution is -2.28. The third-order valence-electron chi connectivity index (χ3n) is 2.75. The number of rotatable bonds is 2. The zero-order chi connectivity index (χ0) is 11.1. The molecular weight excluding hydrogens is 232 g/mol. The summed E-state index contributed by atoms with van der Waals surface area (Å²) in [5, 5.41) is 9.72. The van der Waals surface area contributed by atoms with Crippen molar-refractivity contribution in [1.29, 1.82) is 0 Å². The summed E-state index contributed by atoms with van der Waals surface area (Å²) in [5.74, 6) is 1.32. The van der Waals surface area contributed by atoms with Crippen LogP contribution < -0.4 is 19.8 Å². The fourth-order valence-corrected chi connectivity index (χ4v) is 2.14. The minimum Gasteiger partial charge on any atom is -0.454 e. The number of benzene rings is 1. The summed E-state index contributed by atoms with van der Waals surface area (Å²) >= 11 is 5.45. The molecule has 2 aliphatic rings. The van der Waals surface area contributed by atoms with E-state index >= 15 is 0 Å². The zero-order valence-electron chi connectivity index (χ0n) is 8.27. The highest BCUT2D eigenvalue weighted by Gasteiger charge is 2.37. The van der Waals surface area contributed by atoms with E-state index in [-0.39, 0.29) is 12.9 Å². The smallest absolute Gasteiger partial charge is 0.454 e. The van der Waals surface area contributed by atoms with E-state index in [9.17, 15) is 5.02 Å². The molecule has 2 N–H and O–H groups in total. The molecule has 0 aromatic heterocycles. The summed E-state index contributed by atoms with van der Waals surface area (Å²) in [4.78, 5) is 2.50. The normalized spacial score (nSPS) is 21.4. The first kappa shape index (κ1) is 10.2. The van der Waals surface area contributed by atoms with Gasteiger partial charge in [-0.2, -0.15) is 0 Å². The van der Waals surface area contributed by atoms with Gasteiger partial charge in [-0.3, -0.25) is 0 Å². The Morgan fingerprint density at radius 1 is 1.44 bits per heavy atom. The summed E-state index contributed by atoms with van der Waals surface area (Å²) < 4.78 is 15.9. The molecule has 0 fully saturated rings. The number of ether oxygens (including phenoxy) is 2. The molecule has 0 amide bonds. The zero-order valence-corrected chi connectivity index (χ0v) is 9.03. The summed E-state index contributed by atoms with van der Waals surface area (Å²) in [6, 6.07) is 3.57. The van der Waals surface area contributed by atoms with Crippen LogP contribution in [-0.2, 0) is 4.65 Å². The third-order valence-corrected chi connectivity index (χ3v) is 2.90. The Hall–Kier alpha value is -0.945. The van der Waals surface area contributed by atoms with E-state index in [1.165, 1.54) is 0 Å². The molecule has 7 heteroatoms. The Kier molecular flexibility index (Phi) is 2.44. The van der Waals surface area contributed by atoms with Crippen molar-refractivity contribution in [2.45, 2.75) is 6.10 Å². The molecule has 0 saturated heterocycles. The molecule has 5 nitrogen and oxygen atoms in total. The highest BCUT2D eigenvalue weighted by molar-refractivity contribution is 6.61. The van der Waals surface area contributed by atoms with Gasteiger partial charge in [0.25, 0.3) is 0 Å². The summed E-state index contributed by atoms with van der Waals surface area (Å²) in [5.41, 5.74) is 1.59. The number of fused-ring (bicyclic) bond motifs is 2. The van der Waals surface area contributed by atoms with Crippen molar-refractivity contribution in [3.63, 3.8) is 0 Å². The standard InChI is InChI=1S/C9H9BClNO4/c11-12-3-9-5-1-7-8(15-4-14-7)2-6(5)10(13)16-9/h1-2,9,12-13H,3-4H2. The Labute approximate surface area is 97.5 Å². The molecule has 2 aliphatic heterocycles. The average Bonchev–Trinajstić information content (AvgIpc) is 2.83. The maximum Gasteiger partial charge on any atom is 0.492 e. The maximum atomic E-state index is 9.72. The Bertz CT molecular complexity index is 430. The third kappa shape index (κ3) is 1.46.